The normalized spacial score (nSPS) is 12.7. The molecule has 1 unspecified atom stereocenters. The zero-order chi connectivity index (χ0) is 13.3. The van der Waals surface area contributed by atoms with Crippen LogP contribution in [-0.4, -0.2) is 0 Å². The number of aryl methyl sites for hydroxylation is 4. The quantitative estimate of drug-likeness (QED) is 0.644. The molecule has 1 atom stereocenters. The number of furan rings is 1. The fourth-order valence-corrected chi connectivity index (χ4v) is 2.48. The number of rotatable bonds is 3. The number of benzene rings is 1. The van der Waals surface area contributed by atoms with Crippen LogP contribution in [0.25, 0.3) is 0 Å². The van der Waals surface area contributed by atoms with Crippen molar-refractivity contribution in [3.8, 4) is 0 Å². The molecular weight excluding hydrogens is 224 g/mol. The molecule has 0 spiro atoms. The zero-order valence-corrected chi connectivity index (χ0v) is 11.4. The Morgan fingerprint density at radius 1 is 1.00 bits per heavy atom. The standard InChI is InChI=1S/C15H20N2O/c1-9-5-10(2)7-13(6-9)15(17-16)14-8-11(3)18-12(14)4/h5-8,15,17H,16H2,1-4H3. The Morgan fingerprint density at radius 2 is 1.61 bits per heavy atom. The zero-order valence-electron chi connectivity index (χ0n) is 11.4. The van der Waals surface area contributed by atoms with Gasteiger partial charge < -0.3 is 4.42 Å². The third-order valence-corrected chi connectivity index (χ3v) is 3.13. The van der Waals surface area contributed by atoms with Crippen LogP contribution in [0.1, 0.15) is 39.8 Å². The van der Waals surface area contributed by atoms with Gasteiger partial charge in [0.25, 0.3) is 0 Å². The summed E-state index contributed by atoms with van der Waals surface area (Å²) in [6.07, 6.45) is 0. The Balaban J connectivity index is 2.48. The molecule has 18 heavy (non-hydrogen) atoms. The average molecular weight is 244 g/mol. The van der Waals surface area contributed by atoms with E-state index in [4.69, 9.17) is 10.3 Å². The Labute approximate surface area is 108 Å². The second-order valence-electron chi connectivity index (χ2n) is 4.89. The van der Waals surface area contributed by atoms with Gasteiger partial charge in [-0.2, -0.15) is 0 Å². The molecule has 0 saturated heterocycles. The Hall–Kier alpha value is -1.58. The highest BCUT2D eigenvalue weighted by atomic mass is 16.3. The van der Waals surface area contributed by atoms with Crippen molar-refractivity contribution in [2.75, 3.05) is 0 Å². The SMILES string of the molecule is Cc1cc(C)cc(C(NN)c2cc(C)oc2C)c1. The number of hydrogen-bond acceptors (Lipinski definition) is 3. The number of hydrazine groups is 1. The molecule has 0 aliphatic heterocycles. The third kappa shape index (κ3) is 2.47. The minimum absolute atomic E-state index is 0.0268. The maximum Gasteiger partial charge on any atom is 0.106 e. The largest absolute Gasteiger partial charge is 0.466 e. The molecule has 0 aliphatic rings. The van der Waals surface area contributed by atoms with E-state index < -0.39 is 0 Å². The van der Waals surface area contributed by atoms with Gasteiger partial charge in [0.1, 0.15) is 11.5 Å². The molecule has 3 N–H and O–H groups in total. The fourth-order valence-electron chi connectivity index (χ4n) is 2.48. The van der Waals surface area contributed by atoms with Crippen molar-refractivity contribution in [3.05, 3.63) is 58.0 Å². The molecule has 0 radical (unpaired) electrons. The first kappa shape index (κ1) is 12.9. The Bertz CT molecular complexity index is 537. The lowest BCUT2D eigenvalue weighted by Crippen LogP contribution is -2.29. The highest BCUT2D eigenvalue weighted by molar-refractivity contribution is 5.38. The van der Waals surface area contributed by atoms with Crippen molar-refractivity contribution in [1.82, 2.24) is 5.43 Å². The fraction of sp³-hybridized carbons (Fsp3) is 0.333. The maximum absolute atomic E-state index is 5.72. The van der Waals surface area contributed by atoms with Gasteiger partial charge in [-0.15, -0.1) is 0 Å². The van der Waals surface area contributed by atoms with Gasteiger partial charge in [-0.05, 0) is 39.3 Å². The van der Waals surface area contributed by atoms with E-state index in [0.29, 0.717) is 0 Å². The summed E-state index contributed by atoms with van der Waals surface area (Å²) in [6.45, 7) is 8.11. The minimum atomic E-state index is -0.0268. The van der Waals surface area contributed by atoms with Gasteiger partial charge in [-0.3, -0.25) is 5.84 Å². The van der Waals surface area contributed by atoms with Gasteiger partial charge in [0.15, 0.2) is 0 Å². The number of hydrogen-bond donors (Lipinski definition) is 2. The van der Waals surface area contributed by atoms with E-state index in [1.807, 2.05) is 19.9 Å². The van der Waals surface area contributed by atoms with E-state index in [-0.39, 0.29) is 6.04 Å². The van der Waals surface area contributed by atoms with E-state index in [2.05, 4.69) is 37.5 Å². The van der Waals surface area contributed by atoms with Crippen molar-refractivity contribution in [2.24, 2.45) is 5.84 Å². The highest BCUT2D eigenvalue weighted by Gasteiger charge is 2.18. The van der Waals surface area contributed by atoms with E-state index >= 15 is 0 Å². The van der Waals surface area contributed by atoms with Crippen LogP contribution in [0.2, 0.25) is 0 Å². The topological polar surface area (TPSA) is 51.2 Å². The van der Waals surface area contributed by atoms with Crippen molar-refractivity contribution in [1.29, 1.82) is 0 Å². The summed E-state index contributed by atoms with van der Waals surface area (Å²) in [5.41, 5.74) is 7.62. The summed E-state index contributed by atoms with van der Waals surface area (Å²) < 4.78 is 5.58. The van der Waals surface area contributed by atoms with Crippen LogP contribution < -0.4 is 11.3 Å². The van der Waals surface area contributed by atoms with Gasteiger partial charge in [0.05, 0.1) is 6.04 Å². The molecule has 2 aromatic rings. The molecule has 3 nitrogen and oxygen atoms in total. The van der Waals surface area contributed by atoms with Crippen molar-refractivity contribution in [2.45, 2.75) is 33.7 Å². The van der Waals surface area contributed by atoms with Gasteiger partial charge >= 0.3 is 0 Å². The second-order valence-corrected chi connectivity index (χ2v) is 4.89. The first-order valence-corrected chi connectivity index (χ1v) is 6.12. The summed E-state index contributed by atoms with van der Waals surface area (Å²) in [7, 11) is 0. The molecule has 1 aromatic heterocycles. The summed E-state index contributed by atoms with van der Waals surface area (Å²) in [4.78, 5) is 0. The second kappa shape index (κ2) is 4.96. The lowest BCUT2D eigenvalue weighted by Gasteiger charge is -2.17. The van der Waals surface area contributed by atoms with Crippen LogP contribution in [-0.2, 0) is 0 Å². The van der Waals surface area contributed by atoms with E-state index in [0.717, 1.165) is 17.1 Å². The Morgan fingerprint density at radius 3 is 2.06 bits per heavy atom. The molecular formula is C15H20N2O. The van der Waals surface area contributed by atoms with Gasteiger partial charge in [-0.1, -0.05) is 29.3 Å². The molecule has 0 amide bonds. The van der Waals surface area contributed by atoms with Crippen LogP contribution in [0.15, 0.2) is 28.7 Å². The molecule has 96 valence electrons. The predicted molar refractivity (Wildman–Crippen MR) is 73.3 cm³/mol. The van der Waals surface area contributed by atoms with E-state index in [1.54, 1.807) is 0 Å². The predicted octanol–water partition coefficient (Wildman–Crippen LogP) is 3.07. The smallest absolute Gasteiger partial charge is 0.106 e. The third-order valence-electron chi connectivity index (χ3n) is 3.13. The lowest BCUT2D eigenvalue weighted by molar-refractivity contribution is 0.495. The first-order valence-electron chi connectivity index (χ1n) is 6.12. The summed E-state index contributed by atoms with van der Waals surface area (Å²) in [5.74, 6) is 7.54. The molecule has 1 heterocycles. The van der Waals surface area contributed by atoms with Crippen LogP contribution in [0.3, 0.4) is 0 Å². The number of nitrogens with one attached hydrogen (secondary N) is 1. The first-order chi connectivity index (χ1) is 8.51. The maximum atomic E-state index is 5.72. The van der Waals surface area contributed by atoms with Gasteiger partial charge in [0, 0.05) is 5.56 Å². The molecule has 1 aromatic carbocycles. The van der Waals surface area contributed by atoms with E-state index in [9.17, 15) is 0 Å². The Kier molecular flexibility index (Phi) is 3.55. The lowest BCUT2D eigenvalue weighted by atomic mass is 9.96. The highest BCUT2D eigenvalue weighted by Crippen LogP contribution is 2.28. The van der Waals surface area contributed by atoms with Crippen molar-refractivity contribution >= 4 is 0 Å². The monoisotopic (exact) mass is 244 g/mol. The van der Waals surface area contributed by atoms with Crippen molar-refractivity contribution < 1.29 is 4.42 Å². The summed E-state index contributed by atoms with van der Waals surface area (Å²) in [5, 5.41) is 0. The van der Waals surface area contributed by atoms with Crippen molar-refractivity contribution in [3.63, 3.8) is 0 Å². The van der Waals surface area contributed by atoms with Gasteiger partial charge in [-0.25, -0.2) is 5.43 Å². The van der Waals surface area contributed by atoms with Crippen LogP contribution in [0, 0.1) is 27.7 Å². The summed E-state index contributed by atoms with van der Waals surface area (Å²) >= 11 is 0. The number of nitrogens with two attached hydrogens (primary N) is 1. The average Bonchev–Trinajstić information content (AvgIpc) is 2.58. The molecule has 3 heteroatoms. The molecule has 0 bridgehead atoms. The molecule has 0 fully saturated rings. The summed E-state index contributed by atoms with van der Waals surface area (Å²) in [6, 6.07) is 8.47. The van der Waals surface area contributed by atoms with Crippen LogP contribution in [0.4, 0.5) is 0 Å². The van der Waals surface area contributed by atoms with Crippen LogP contribution in [0.5, 0.6) is 0 Å². The van der Waals surface area contributed by atoms with Crippen LogP contribution >= 0.6 is 0 Å². The molecule has 0 saturated carbocycles. The minimum Gasteiger partial charge on any atom is -0.466 e. The van der Waals surface area contributed by atoms with Gasteiger partial charge in [0.2, 0.25) is 0 Å². The molecule has 0 aliphatic carbocycles. The molecule has 2 rings (SSSR count). The van der Waals surface area contributed by atoms with E-state index in [1.165, 1.54) is 16.7 Å².